The minimum absolute atomic E-state index is 0.151. The first kappa shape index (κ1) is 13.9. The number of hydrogen-bond acceptors (Lipinski definition) is 3. The van der Waals surface area contributed by atoms with Gasteiger partial charge in [-0.1, -0.05) is 6.07 Å². The summed E-state index contributed by atoms with van der Waals surface area (Å²) in [6.07, 6.45) is 0. The number of carbonyl (C=O) groups is 1. The topological polar surface area (TPSA) is 72.2 Å². The lowest BCUT2D eigenvalue weighted by molar-refractivity contribution is 0.0691. The fourth-order valence-electron chi connectivity index (χ4n) is 1.98. The summed E-state index contributed by atoms with van der Waals surface area (Å²) in [5, 5.41) is 8.88. The Kier molecular flexibility index (Phi) is 3.65. The van der Waals surface area contributed by atoms with Gasteiger partial charge in [0.1, 0.15) is 5.82 Å². The number of aromatic nitrogens is 2. The van der Waals surface area contributed by atoms with Gasteiger partial charge in [-0.15, -0.1) is 0 Å². The summed E-state index contributed by atoms with van der Waals surface area (Å²) in [4.78, 5) is 26.5. The Labute approximate surface area is 114 Å². The standard InChI is InChI=1S/C14H13FN2O3/c1-8-5-9(2)17(14(20)16-8)7-10-3-4-12(15)11(6-10)13(18)19/h3-6H,7H2,1-2H3,(H,18,19). The van der Waals surface area contributed by atoms with Gasteiger partial charge in [0, 0.05) is 11.4 Å². The highest BCUT2D eigenvalue weighted by Crippen LogP contribution is 2.12. The quantitative estimate of drug-likeness (QED) is 0.927. The third kappa shape index (κ3) is 2.74. The molecule has 2 rings (SSSR count). The van der Waals surface area contributed by atoms with E-state index >= 15 is 0 Å². The summed E-state index contributed by atoms with van der Waals surface area (Å²) < 4.78 is 14.7. The average molecular weight is 276 g/mol. The molecule has 1 heterocycles. The first-order valence-electron chi connectivity index (χ1n) is 5.95. The minimum atomic E-state index is -1.34. The van der Waals surface area contributed by atoms with Gasteiger partial charge in [-0.3, -0.25) is 4.57 Å². The smallest absolute Gasteiger partial charge is 0.348 e. The monoisotopic (exact) mass is 276 g/mol. The Bertz CT molecular complexity index is 738. The van der Waals surface area contributed by atoms with Crippen LogP contribution in [-0.2, 0) is 6.54 Å². The molecule has 1 N–H and O–H groups in total. The van der Waals surface area contributed by atoms with Crippen molar-refractivity contribution >= 4 is 5.97 Å². The molecule has 0 bridgehead atoms. The van der Waals surface area contributed by atoms with Gasteiger partial charge in [0.2, 0.25) is 0 Å². The van der Waals surface area contributed by atoms with Crippen LogP contribution >= 0.6 is 0 Å². The predicted molar refractivity (Wildman–Crippen MR) is 70.4 cm³/mol. The molecule has 0 radical (unpaired) electrons. The van der Waals surface area contributed by atoms with Gasteiger partial charge in [-0.25, -0.2) is 14.0 Å². The lowest BCUT2D eigenvalue weighted by Gasteiger charge is -2.10. The molecular formula is C14H13FN2O3. The summed E-state index contributed by atoms with van der Waals surface area (Å²) in [5.74, 6) is -2.14. The Morgan fingerprint density at radius 3 is 2.65 bits per heavy atom. The van der Waals surface area contributed by atoms with Crippen LogP contribution in [0.3, 0.4) is 0 Å². The largest absolute Gasteiger partial charge is 0.478 e. The van der Waals surface area contributed by atoms with Gasteiger partial charge in [0.15, 0.2) is 0 Å². The number of rotatable bonds is 3. The zero-order valence-corrected chi connectivity index (χ0v) is 11.1. The molecule has 2 aromatic rings. The first-order valence-corrected chi connectivity index (χ1v) is 5.95. The molecule has 0 amide bonds. The molecule has 6 heteroatoms. The number of carboxylic acids is 1. The van der Waals surface area contributed by atoms with E-state index in [1.54, 1.807) is 19.9 Å². The average Bonchev–Trinajstić information content (AvgIpc) is 2.35. The van der Waals surface area contributed by atoms with Gasteiger partial charge in [-0.05, 0) is 37.6 Å². The summed E-state index contributed by atoms with van der Waals surface area (Å²) in [5.41, 5.74) is 1.04. The van der Waals surface area contributed by atoms with Crippen molar-refractivity contribution in [1.29, 1.82) is 0 Å². The van der Waals surface area contributed by atoms with Crippen LogP contribution < -0.4 is 5.69 Å². The van der Waals surface area contributed by atoms with Crippen LogP contribution in [0.1, 0.15) is 27.3 Å². The maximum Gasteiger partial charge on any atom is 0.348 e. The first-order chi connectivity index (χ1) is 9.38. The lowest BCUT2D eigenvalue weighted by Crippen LogP contribution is -2.26. The predicted octanol–water partition coefficient (Wildman–Crippen LogP) is 1.75. The summed E-state index contributed by atoms with van der Waals surface area (Å²) >= 11 is 0. The molecule has 0 atom stereocenters. The van der Waals surface area contributed by atoms with Crippen molar-refractivity contribution < 1.29 is 14.3 Å². The van der Waals surface area contributed by atoms with Crippen molar-refractivity contribution in [1.82, 2.24) is 9.55 Å². The summed E-state index contributed by atoms with van der Waals surface area (Å²) in [6, 6.07) is 5.51. The van der Waals surface area contributed by atoms with Crippen LogP contribution in [0.4, 0.5) is 4.39 Å². The number of nitrogens with zero attached hydrogens (tertiary/aromatic N) is 2. The highest BCUT2D eigenvalue weighted by molar-refractivity contribution is 5.88. The van der Waals surface area contributed by atoms with E-state index in [4.69, 9.17) is 5.11 Å². The van der Waals surface area contributed by atoms with E-state index in [0.29, 0.717) is 17.0 Å². The molecule has 0 saturated heterocycles. The van der Waals surface area contributed by atoms with Crippen LogP contribution in [0.5, 0.6) is 0 Å². The van der Waals surface area contributed by atoms with E-state index in [1.165, 1.54) is 16.7 Å². The van der Waals surface area contributed by atoms with Crippen LogP contribution in [0.25, 0.3) is 0 Å². The SMILES string of the molecule is Cc1cc(C)n(Cc2ccc(F)c(C(=O)O)c2)c(=O)n1. The zero-order chi connectivity index (χ0) is 14.9. The zero-order valence-electron chi connectivity index (χ0n) is 11.1. The summed E-state index contributed by atoms with van der Waals surface area (Å²) in [7, 11) is 0. The third-order valence-corrected chi connectivity index (χ3v) is 2.95. The molecule has 0 aliphatic heterocycles. The number of aryl methyl sites for hydroxylation is 2. The molecule has 1 aromatic heterocycles. The van der Waals surface area contributed by atoms with Crippen LogP contribution in [0, 0.1) is 19.7 Å². The number of halogens is 1. The second-order valence-electron chi connectivity index (χ2n) is 4.53. The van der Waals surface area contributed by atoms with Gasteiger partial charge in [-0.2, -0.15) is 4.98 Å². The van der Waals surface area contributed by atoms with E-state index in [0.717, 1.165) is 6.07 Å². The maximum atomic E-state index is 13.3. The Hall–Kier alpha value is -2.50. The molecule has 104 valence electrons. The van der Waals surface area contributed by atoms with Crippen molar-refractivity contribution in [2.45, 2.75) is 20.4 Å². The molecule has 1 aromatic carbocycles. The number of benzene rings is 1. The number of hydrogen-bond donors (Lipinski definition) is 1. The van der Waals surface area contributed by atoms with Crippen molar-refractivity contribution in [3.63, 3.8) is 0 Å². The minimum Gasteiger partial charge on any atom is -0.478 e. The molecule has 5 nitrogen and oxygen atoms in total. The molecule has 0 aliphatic rings. The highest BCUT2D eigenvalue weighted by atomic mass is 19.1. The Morgan fingerprint density at radius 1 is 1.35 bits per heavy atom. The van der Waals surface area contributed by atoms with Crippen molar-refractivity contribution in [2.75, 3.05) is 0 Å². The highest BCUT2D eigenvalue weighted by Gasteiger charge is 2.12. The number of aromatic carboxylic acids is 1. The summed E-state index contributed by atoms with van der Waals surface area (Å²) in [6.45, 7) is 3.63. The molecule has 0 aliphatic carbocycles. The van der Waals surface area contributed by atoms with Crippen molar-refractivity contribution in [3.05, 3.63) is 63.1 Å². The van der Waals surface area contributed by atoms with E-state index in [9.17, 15) is 14.0 Å². The fourth-order valence-corrected chi connectivity index (χ4v) is 1.98. The van der Waals surface area contributed by atoms with Gasteiger partial charge < -0.3 is 5.11 Å². The maximum absolute atomic E-state index is 13.3. The molecule has 20 heavy (non-hydrogen) atoms. The van der Waals surface area contributed by atoms with Gasteiger partial charge in [0.05, 0.1) is 12.1 Å². The van der Waals surface area contributed by atoms with E-state index in [-0.39, 0.29) is 6.54 Å². The van der Waals surface area contributed by atoms with Crippen molar-refractivity contribution in [3.8, 4) is 0 Å². The lowest BCUT2D eigenvalue weighted by atomic mass is 10.1. The molecule has 0 unspecified atom stereocenters. The second kappa shape index (κ2) is 5.24. The van der Waals surface area contributed by atoms with Gasteiger partial charge >= 0.3 is 11.7 Å². The molecule has 0 fully saturated rings. The molecule has 0 saturated carbocycles. The second-order valence-corrected chi connectivity index (χ2v) is 4.53. The third-order valence-electron chi connectivity index (χ3n) is 2.95. The number of carboxylic acid groups (broad SMARTS) is 1. The van der Waals surface area contributed by atoms with Crippen molar-refractivity contribution in [2.24, 2.45) is 0 Å². The van der Waals surface area contributed by atoms with Crippen LogP contribution in [0.2, 0.25) is 0 Å². The van der Waals surface area contributed by atoms with Gasteiger partial charge in [0.25, 0.3) is 0 Å². The Balaban J connectivity index is 2.43. The molecular weight excluding hydrogens is 263 g/mol. The Morgan fingerprint density at radius 2 is 2.05 bits per heavy atom. The van der Waals surface area contributed by atoms with Crippen LogP contribution in [0.15, 0.2) is 29.1 Å². The van der Waals surface area contributed by atoms with Crippen LogP contribution in [-0.4, -0.2) is 20.6 Å². The van der Waals surface area contributed by atoms with E-state index in [1.807, 2.05) is 0 Å². The molecule has 0 spiro atoms. The normalized spacial score (nSPS) is 10.6. The fraction of sp³-hybridized carbons (Fsp3) is 0.214. The van der Waals surface area contributed by atoms with E-state index in [2.05, 4.69) is 4.98 Å². The van der Waals surface area contributed by atoms with E-state index < -0.39 is 23.0 Å².